The van der Waals surface area contributed by atoms with Gasteiger partial charge in [-0.3, -0.25) is 0 Å². The van der Waals surface area contributed by atoms with Crippen molar-refractivity contribution in [3.8, 4) is 0 Å². The van der Waals surface area contributed by atoms with E-state index in [4.69, 9.17) is 0 Å². The number of rotatable bonds is 5. The molecule has 2 heteroatoms. The van der Waals surface area contributed by atoms with Gasteiger partial charge in [-0.2, -0.15) is 0 Å². The molecule has 4 atom stereocenters. The van der Waals surface area contributed by atoms with Crippen molar-refractivity contribution in [3.63, 3.8) is 0 Å². The van der Waals surface area contributed by atoms with Crippen LogP contribution < -0.4 is 0 Å². The molecule has 0 spiro atoms. The first-order chi connectivity index (χ1) is 13.2. The molecule has 3 saturated carbocycles. The number of allylic oxidation sites excluding steroid dienone is 3. The average molecular weight is 460 g/mol. The third-order valence-corrected chi connectivity index (χ3v) is 8.73. The Balaban J connectivity index is 0.00000225. The molecule has 0 aromatic carbocycles. The summed E-state index contributed by atoms with van der Waals surface area (Å²) in [6.45, 7) is 2.16. The van der Waals surface area contributed by atoms with Crippen LogP contribution in [0.2, 0.25) is 0 Å². The topological polar surface area (TPSA) is 20.2 Å². The molecule has 28 heavy (non-hydrogen) atoms. The van der Waals surface area contributed by atoms with Crippen LogP contribution in [0.5, 0.6) is 0 Å². The first-order valence-electron chi connectivity index (χ1n) is 12.2. The molecule has 0 heterocycles. The number of aliphatic hydroxyl groups is 1. The number of hydrogen-bond acceptors (Lipinski definition) is 1. The Morgan fingerprint density at radius 2 is 1.71 bits per heavy atom. The molecule has 1 N–H and O–H groups in total. The first-order valence-corrected chi connectivity index (χ1v) is 12.2. The summed E-state index contributed by atoms with van der Waals surface area (Å²) in [7, 11) is 0. The van der Waals surface area contributed by atoms with Gasteiger partial charge >= 0.3 is 0 Å². The molecule has 0 saturated heterocycles. The van der Waals surface area contributed by atoms with Crippen LogP contribution in [0.15, 0.2) is 23.8 Å². The Morgan fingerprint density at radius 3 is 2.29 bits per heavy atom. The predicted octanol–water partition coefficient (Wildman–Crippen LogP) is 7.06. The molecule has 4 aliphatic rings. The van der Waals surface area contributed by atoms with Gasteiger partial charge in [0, 0.05) is 38.6 Å². The third kappa shape index (κ3) is 5.82. The summed E-state index contributed by atoms with van der Waals surface area (Å²) < 4.78 is 0. The van der Waals surface area contributed by atoms with E-state index >= 15 is 0 Å². The van der Waals surface area contributed by atoms with Gasteiger partial charge in [-0.15, -0.1) is 0 Å². The van der Waals surface area contributed by atoms with Gasteiger partial charge in [0.25, 0.3) is 0 Å². The van der Waals surface area contributed by atoms with E-state index in [1.165, 1.54) is 83.5 Å². The molecule has 1 nitrogen and oxygen atoms in total. The predicted molar refractivity (Wildman–Crippen MR) is 114 cm³/mol. The van der Waals surface area contributed by atoms with Crippen LogP contribution in [-0.2, 0) is 32.7 Å². The minimum atomic E-state index is -0.0529. The van der Waals surface area contributed by atoms with E-state index in [2.05, 4.69) is 25.2 Å². The standard InChI is InChI=1S/C26H42O.Y/c1-2-4-19-7-10-22(11-8-19)23-12-14-24(15-13-23)25-16-9-21(18-26(25)27)17-20-5-3-6-20;/h2,4,14,19-23,25-27H,3,5-13,15-18H2,1H3;/b4-2+;. The van der Waals surface area contributed by atoms with Crippen molar-refractivity contribution in [1.82, 2.24) is 0 Å². The van der Waals surface area contributed by atoms with E-state index < -0.39 is 0 Å². The van der Waals surface area contributed by atoms with Gasteiger partial charge in [-0.05, 0) is 107 Å². The summed E-state index contributed by atoms with van der Waals surface area (Å²) in [6.07, 6.45) is 26.3. The smallest absolute Gasteiger partial charge is 0.0608 e. The fraction of sp³-hybridized carbons (Fsp3) is 0.846. The van der Waals surface area contributed by atoms with Crippen LogP contribution in [-0.4, -0.2) is 11.2 Å². The first kappa shape index (κ1) is 23.2. The monoisotopic (exact) mass is 459 g/mol. The molecule has 4 aliphatic carbocycles. The summed E-state index contributed by atoms with van der Waals surface area (Å²) in [4.78, 5) is 0. The minimum absolute atomic E-state index is 0. The summed E-state index contributed by atoms with van der Waals surface area (Å²) in [6, 6.07) is 0. The summed E-state index contributed by atoms with van der Waals surface area (Å²) in [5.74, 6) is 5.04. The van der Waals surface area contributed by atoms with Crippen LogP contribution in [0.25, 0.3) is 0 Å². The van der Waals surface area contributed by atoms with Crippen molar-refractivity contribution in [2.24, 2.45) is 35.5 Å². The van der Waals surface area contributed by atoms with Gasteiger partial charge in [0.05, 0.1) is 6.10 Å². The third-order valence-electron chi connectivity index (χ3n) is 8.73. The average Bonchev–Trinajstić information content (AvgIpc) is 2.66. The minimum Gasteiger partial charge on any atom is -0.392 e. The van der Waals surface area contributed by atoms with Crippen molar-refractivity contribution in [3.05, 3.63) is 23.8 Å². The normalized spacial score (nSPS) is 39.9. The Kier molecular flexibility index (Phi) is 9.32. The summed E-state index contributed by atoms with van der Waals surface area (Å²) in [5, 5.41) is 10.8. The van der Waals surface area contributed by atoms with Crippen LogP contribution >= 0.6 is 0 Å². The van der Waals surface area contributed by atoms with Crippen LogP contribution in [0, 0.1) is 35.5 Å². The SMILES string of the molecule is C/C=C/C1CCC(C2CC=C(C3CCC(CC4CCC4)CC3O)CC2)CC1.[Y]. The number of aliphatic hydroxyl groups excluding tert-OH is 1. The Hall–Kier alpha value is 0.544. The molecular formula is C26H42OY. The molecule has 155 valence electrons. The maximum atomic E-state index is 10.8. The number of hydrogen-bond donors (Lipinski definition) is 1. The second kappa shape index (κ2) is 11.2. The Labute approximate surface area is 199 Å². The van der Waals surface area contributed by atoms with Crippen LogP contribution in [0.1, 0.15) is 96.8 Å². The Morgan fingerprint density at radius 1 is 0.929 bits per heavy atom. The summed E-state index contributed by atoms with van der Waals surface area (Å²) in [5.41, 5.74) is 1.63. The zero-order valence-corrected chi connectivity index (χ0v) is 21.0. The van der Waals surface area contributed by atoms with Crippen molar-refractivity contribution in [1.29, 1.82) is 0 Å². The van der Waals surface area contributed by atoms with Crippen molar-refractivity contribution in [2.75, 3.05) is 0 Å². The van der Waals surface area contributed by atoms with Crippen molar-refractivity contribution in [2.45, 2.75) is 103 Å². The fourth-order valence-corrected chi connectivity index (χ4v) is 6.80. The van der Waals surface area contributed by atoms with E-state index in [-0.39, 0.29) is 38.8 Å². The van der Waals surface area contributed by atoms with Gasteiger partial charge in [-0.25, -0.2) is 0 Å². The molecule has 0 bridgehead atoms. The second-order valence-corrected chi connectivity index (χ2v) is 10.4. The quantitative estimate of drug-likeness (QED) is 0.437. The largest absolute Gasteiger partial charge is 0.392 e. The van der Waals surface area contributed by atoms with E-state index in [1.54, 1.807) is 5.57 Å². The maximum Gasteiger partial charge on any atom is 0.0608 e. The van der Waals surface area contributed by atoms with Crippen molar-refractivity contribution >= 4 is 0 Å². The second-order valence-electron chi connectivity index (χ2n) is 10.4. The summed E-state index contributed by atoms with van der Waals surface area (Å²) >= 11 is 0. The van der Waals surface area contributed by atoms with Gasteiger partial charge in [0.15, 0.2) is 0 Å². The molecule has 4 rings (SSSR count). The molecule has 4 unspecified atom stereocenters. The fourth-order valence-electron chi connectivity index (χ4n) is 6.80. The van der Waals surface area contributed by atoms with Gasteiger partial charge in [-0.1, -0.05) is 43.1 Å². The molecule has 3 fully saturated rings. The molecule has 0 aromatic heterocycles. The van der Waals surface area contributed by atoms with E-state index in [9.17, 15) is 5.11 Å². The molecular weight excluding hydrogens is 417 g/mol. The Bertz CT molecular complexity index is 527. The van der Waals surface area contributed by atoms with E-state index in [1.807, 2.05) is 0 Å². The van der Waals surface area contributed by atoms with Crippen molar-refractivity contribution < 1.29 is 37.8 Å². The molecule has 0 aliphatic heterocycles. The van der Waals surface area contributed by atoms with Gasteiger partial charge < -0.3 is 5.11 Å². The van der Waals surface area contributed by atoms with Gasteiger partial charge in [0.2, 0.25) is 0 Å². The van der Waals surface area contributed by atoms with Gasteiger partial charge in [0.1, 0.15) is 0 Å². The molecule has 0 aromatic rings. The van der Waals surface area contributed by atoms with Crippen LogP contribution in [0.3, 0.4) is 0 Å². The van der Waals surface area contributed by atoms with E-state index in [0.29, 0.717) is 5.92 Å². The van der Waals surface area contributed by atoms with Crippen LogP contribution in [0.4, 0.5) is 0 Å². The zero-order chi connectivity index (χ0) is 18.6. The zero-order valence-electron chi connectivity index (χ0n) is 18.2. The maximum absolute atomic E-state index is 10.8. The molecule has 1 radical (unpaired) electrons. The molecule has 0 amide bonds. The van der Waals surface area contributed by atoms with E-state index in [0.717, 1.165) is 36.0 Å².